The second-order valence-corrected chi connectivity index (χ2v) is 6.07. The normalized spacial score (nSPS) is 10.6. The molecule has 140 valence electrons. The molecule has 27 heavy (non-hydrogen) atoms. The fourth-order valence-electron chi connectivity index (χ4n) is 2.87. The number of nitrogens with zero attached hydrogens (tertiary/aromatic N) is 2. The van der Waals surface area contributed by atoms with Gasteiger partial charge < -0.3 is 14.8 Å². The van der Waals surface area contributed by atoms with Gasteiger partial charge in [-0.15, -0.1) is 0 Å². The lowest BCUT2D eigenvalue weighted by Gasteiger charge is -2.14. The molecule has 0 radical (unpaired) electrons. The summed E-state index contributed by atoms with van der Waals surface area (Å²) in [5.74, 6) is 0.998. The minimum Gasteiger partial charge on any atom is -0.493 e. The lowest BCUT2D eigenvalue weighted by molar-refractivity contribution is -0.116. The average molecular weight is 367 g/mol. The fraction of sp³-hybridized carbons (Fsp3) is 0.250. The number of anilines is 1. The van der Waals surface area contributed by atoms with Crippen LogP contribution in [0.1, 0.15) is 12.0 Å². The molecule has 0 aliphatic rings. The van der Waals surface area contributed by atoms with Gasteiger partial charge in [-0.1, -0.05) is 12.1 Å². The number of fused-ring (bicyclic) bond motifs is 1. The number of para-hydroxylation sites is 1. The maximum Gasteiger partial charge on any atom is 0.226 e. The zero-order chi connectivity index (χ0) is 19.4. The first-order valence-corrected chi connectivity index (χ1v) is 8.51. The summed E-state index contributed by atoms with van der Waals surface area (Å²) in [6.45, 7) is 2.24. The molecule has 0 unspecified atom stereocenters. The number of nitrogens with one attached hydrogen (secondary N) is 1. The second-order valence-electron chi connectivity index (χ2n) is 6.07. The van der Waals surface area contributed by atoms with Crippen molar-refractivity contribution in [1.82, 2.24) is 9.78 Å². The Balaban J connectivity index is 1.74. The molecule has 1 aromatic heterocycles. The first kappa shape index (κ1) is 18.4. The summed E-state index contributed by atoms with van der Waals surface area (Å²) >= 11 is 0. The van der Waals surface area contributed by atoms with E-state index in [1.165, 1.54) is 6.20 Å². The van der Waals surface area contributed by atoms with Crippen molar-refractivity contribution < 1.29 is 14.3 Å². The van der Waals surface area contributed by atoms with Crippen molar-refractivity contribution >= 4 is 22.5 Å². The van der Waals surface area contributed by atoms with Crippen molar-refractivity contribution in [2.45, 2.75) is 19.9 Å². The zero-order valence-electron chi connectivity index (χ0n) is 15.5. The van der Waals surface area contributed by atoms with Crippen molar-refractivity contribution in [3.63, 3.8) is 0 Å². The molecule has 0 saturated carbocycles. The van der Waals surface area contributed by atoms with E-state index < -0.39 is 0 Å². The molecule has 0 bridgehead atoms. The van der Waals surface area contributed by atoms with Gasteiger partial charge in [-0.05, 0) is 30.7 Å². The van der Waals surface area contributed by atoms with Crippen molar-refractivity contribution in [1.29, 1.82) is 0 Å². The third kappa shape index (κ3) is 3.92. The predicted molar refractivity (Wildman–Crippen MR) is 104 cm³/mol. The number of aryl methyl sites for hydroxylation is 2. The molecular formula is C20H21N3O4. The molecule has 0 fully saturated rings. The number of hydrogen-bond donors (Lipinski definition) is 1. The Hall–Kier alpha value is -3.35. The molecule has 0 spiro atoms. The molecule has 3 rings (SSSR count). The van der Waals surface area contributed by atoms with Crippen LogP contribution >= 0.6 is 0 Å². The Kier molecular flexibility index (Phi) is 5.40. The van der Waals surface area contributed by atoms with Crippen LogP contribution in [0, 0.1) is 6.92 Å². The quantitative estimate of drug-likeness (QED) is 0.724. The summed E-state index contributed by atoms with van der Waals surface area (Å²) < 4.78 is 12.2. The molecule has 1 N–H and O–H groups in total. The third-order valence-corrected chi connectivity index (χ3v) is 4.32. The third-order valence-electron chi connectivity index (χ3n) is 4.32. The highest BCUT2D eigenvalue weighted by atomic mass is 16.5. The summed E-state index contributed by atoms with van der Waals surface area (Å²) in [5.41, 5.74) is 2.11. The van der Waals surface area contributed by atoms with Crippen LogP contribution in [0.15, 0.2) is 47.4 Å². The molecule has 0 atom stereocenters. The molecule has 0 aliphatic carbocycles. The van der Waals surface area contributed by atoms with Crippen molar-refractivity contribution in [3.05, 3.63) is 58.4 Å². The summed E-state index contributed by atoms with van der Waals surface area (Å²) in [6, 6.07) is 10.8. The lowest BCUT2D eigenvalue weighted by atomic mass is 10.1. The minimum absolute atomic E-state index is 0.132. The zero-order valence-corrected chi connectivity index (χ0v) is 15.5. The van der Waals surface area contributed by atoms with E-state index in [4.69, 9.17) is 9.47 Å². The van der Waals surface area contributed by atoms with Gasteiger partial charge >= 0.3 is 0 Å². The second kappa shape index (κ2) is 7.90. The van der Waals surface area contributed by atoms with Gasteiger partial charge in [0.15, 0.2) is 11.5 Å². The van der Waals surface area contributed by atoms with Gasteiger partial charge in [-0.3, -0.25) is 14.3 Å². The summed E-state index contributed by atoms with van der Waals surface area (Å²) in [6.07, 6.45) is 1.49. The van der Waals surface area contributed by atoms with Gasteiger partial charge in [0.25, 0.3) is 0 Å². The number of rotatable bonds is 6. The van der Waals surface area contributed by atoms with Crippen LogP contribution in [0.2, 0.25) is 0 Å². The van der Waals surface area contributed by atoms with Gasteiger partial charge in [0, 0.05) is 23.6 Å². The largest absolute Gasteiger partial charge is 0.493 e. The monoisotopic (exact) mass is 367 g/mol. The van der Waals surface area contributed by atoms with Crippen molar-refractivity contribution in [3.8, 4) is 11.5 Å². The maximum absolute atomic E-state index is 12.4. The van der Waals surface area contributed by atoms with Crippen LogP contribution in [0.3, 0.4) is 0 Å². The highest BCUT2D eigenvalue weighted by molar-refractivity contribution is 5.92. The van der Waals surface area contributed by atoms with Gasteiger partial charge in [-0.25, -0.2) is 0 Å². The minimum atomic E-state index is -0.157. The number of benzene rings is 2. The SMILES string of the molecule is COc1cc(C)c(NC(=O)CCn2ncc(=O)c3ccccc32)cc1OC. The molecular weight excluding hydrogens is 346 g/mol. The van der Waals surface area contributed by atoms with E-state index >= 15 is 0 Å². The summed E-state index contributed by atoms with van der Waals surface area (Å²) in [5, 5.41) is 7.62. The van der Waals surface area contributed by atoms with E-state index in [1.54, 1.807) is 37.1 Å². The van der Waals surface area contributed by atoms with E-state index in [1.807, 2.05) is 25.1 Å². The van der Waals surface area contributed by atoms with E-state index in [0.29, 0.717) is 34.6 Å². The number of amides is 1. The molecule has 1 heterocycles. The van der Waals surface area contributed by atoms with E-state index in [2.05, 4.69) is 10.4 Å². The Morgan fingerprint density at radius 3 is 2.59 bits per heavy atom. The van der Waals surface area contributed by atoms with E-state index in [9.17, 15) is 9.59 Å². The number of hydrogen-bond acceptors (Lipinski definition) is 5. The number of aromatic nitrogens is 2. The van der Waals surface area contributed by atoms with Gasteiger partial charge in [0.1, 0.15) is 0 Å². The number of carbonyl (C=O) groups excluding carboxylic acids is 1. The fourth-order valence-corrected chi connectivity index (χ4v) is 2.87. The first-order chi connectivity index (χ1) is 13.0. The molecule has 0 saturated heterocycles. The smallest absolute Gasteiger partial charge is 0.226 e. The Morgan fingerprint density at radius 1 is 1.15 bits per heavy atom. The van der Waals surface area contributed by atoms with Crippen LogP contribution in [0.4, 0.5) is 5.69 Å². The van der Waals surface area contributed by atoms with Gasteiger partial charge in [0.2, 0.25) is 11.3 Å². The predicted octanol–water partition coefficient (Wildman–Crippen LogP) is 2.75. The van der Waals surface area contributed by atoms with Crippen molar-refractivity contribution in [2.24, 2.45) is 0 Å². The topological polar surface area (TPSA) is 82.5 Å². The summed E-state index contributed by atoms with van der Waals surface area (Å²) in [7, 11) is 3.11. The lowest BCUT2D eigenvalue weighted by Crippen LogP contribution is -2.18. The molecule has 7 nitrogen and oxygen atoms in total. The van der Waals surface area contributed by atoms with Crippen LogP contribution in [0.5, 0.6) is 11.5 Å². The first-order valence-electron chi connectivity index (χ1n) is 8.51. The van der Waals surface area contributed by atoms with Crippen molar-refractivity contribution in [2.75, 3.05) is 19.5 Å². The van der Waals surface area contributed by atoms with Crippen LogP contribution in [-0.2, 0) is 11.3 Å². The maximum atomic E-state index is 12.4. The Bertz CT molecular complexity index is 1040. The number of carbonyl (C=O) groups is 1. The Morgan fingerprint density at radius 2 is 1.85 bits per heavy atom. The van der Waals surface area contributed by atoms with Gasteiger partial charge in [-0.2, -0.15) is 5.10 Å². The van der Waals surface area contributed by atoms with Crippen LogP contribution < -0.4 is 20.2 Å². The van der Waals surface area contributed by atoms with Gasteiger partial charge in [0.05, 0.1) is 32.5 Å². The number of ether oxygens (including phenoxy) is 2. The highest BCUT2D eigenvalue weighted by Gasteiger charge is 2.12. The molecule has 0 aliphatic heterocycles. The van der Waals surface area contributed by atoms with Crippen LogP contribution in [0.25, 0.3) is 10.9 Å². The standard InChI is InChI=1S/C20H21N3O4/c1-13-10-18(26-2)19(27-3)11-15(13)22-20(25)8-9-23-16-7-5-4-6-14(16)17(24)12-21-23/h4-7,10-12H,8-9H2,1-3H3,(H,22,25). The summed E-state index contributed by atoms with van der Waals surface area (Å²) in [4.78, 5) is 24.3. The molecule has 1 amide bonds. The van der Waals surface area contributed by atoms with Crippen LogP contribution in [-0.4, -0.2) is 29.9 Å². The molecule has 3 aromatic rings. The molecule has 2 aromatic carbocycles. The average Bonchev–Trinajstić information content (AvgIpc) is 2.69. The van der Waals surface area contributed by atoms with E-state index in [0.717, 1.165) is 5.56 Å². The van der Waals surface area contributed by atoms with E-state index in [-0.39, 0.29) is 17.8 Å². The molecule has 7 heteroatoms. The highest BCUT2D eigenvalue weighted by Crippen LogP contribution is 2.32. The number of methoxy groups -OCH3 is 2. The Labute approximate surface area is 156 Å².